The highest BCUT2D eigenvalue weighted by atomic mass is 16.6. The number of carbonyl (C=O) groups is 1. The predicted molar refractivity (Wildman–Crippen MR) is 88.6 cm³/mol. The Bertz CT molecular complexity index is 878. The molecule has 0 aliphatic heterocycles. The maximum Gasteiger partial charge on any atom is 0.378 e. The van der Waals surface area contributed by atoms with Gasteiger partial charge in [-0.25, -0.2) is 4.79 Å². The highest BCUT2D eigenvalue weighted by Gasteiger charge is 2.13. The number of nitro benzene ring substituents is 1. The van der Waals surface area contributed by atoms with E-state index in [2.05, 4.69) is 4.98 Å². The molecule has 0 aliphatic carbocycles. The number of non-ortho nitro benzene ring substituents is 1. The van der Waals surface area contributed by atoms with E-state index >= 15 is 0 Å². The van der Waals surface area contributed by atoms with Crippen LogP contribution in [0, 0.1) is 10.1 Å². The first-order chi connectivity index (χ1) is 12.1. The number of pyridine rings is 2. The Hall–Kier alpha value is -3.61. The molecule has 0 radical (unpaired) electrons. The van der Waals surface area contributed by atoms with Gasteiger partial charge in [0.2, 0.25) is 6.54 Å². The van der Waals surface area contributed by atoms with Crippen LogP contribution in [0.1, 0.15) is 0 Å². The monoisotopic (exact) mass is 336 g/mol. The first-order valence-electron chi connectivity index (χ1n) is 7.46. The molecule has 0 spiro atoms. The average molecular weight is 336 g/mol. The summed E-state index contributed by atoms with van der Waals surface area (Å²) in [5.41, 5.74) is 2.00. The van der Waals surface area contributed by atoms with Crippen molar-refractivity contribution < 1.29 is 19.0 Å². The third kappa shape index (κ3) is 4.23. The van der Waals surface area contributed by atoms with E-state index in [0.717, 1.165) is 11.1 Å². The van der Waals surface area contributed by atoms with Crippen LogP contribution in [0.4, 0.5) is 5.69 Å². The van der Waals surface area contributed by atoms with Crippen molar-refractivity contribution in [3.8, 4) is 16.9 Å². The molecular formula is C18H14N3O4+. The van der Waals surface area contributed by atoms with Crippen LogP contribution in [0.15, 0.2) is 73.3 Å². The molecule has 1 aromatic carbocycles. The SMILES string of the molecule is O=C(C[n+]1ccc(-c2ccncc2)cc1)Oc1ccc([N+](=O)[O-])cc1. The van der Waals surface area contributed by atoms with Crippen LogP contribution in [0.25, 0.3) is 11.1 Å². The van der Waals surface area contributed by atoms with E-state index in [1.54, 1.807) is 29.4 Å². The molecule has 0 saturated heterocycles. The number of nitrogens with zero attached hydrogens (tertiary/aromatic N) is 3. The lowest BCUT2D eigenvalue weighted by Crippen LogP contribution is -2.38. The maximum absolute atomic E-state index is 12.0. The number of benzene rings is 1. The van der Waals surface area contributed by atoms with Crippen molar-refractivity contribution in [3.05, 3.63) is 83.4 Å². The van der Waals surface area contributed by atoms with Crippen molar-refractivity contribution in [2.75, 3.05) is 0 Å². The second-order valence-electron chi connectivity index (χ2n) is 5.22. The van der Waals surface area contributed by atoms with Gasteiger partial charge in [0, 0.05) is 36.7 Å². The minimum absolute atomic E-state index is 0.0353. The molecule has 0 bridgehead atoms. The van der Waals surface area contributed by atoms with Crippen LogP contribution in [0.3, 0.4) is 0 Å². The Labute approximate surface area is 143 Å². The Kier molecular flexibility index (Phi) is 4.75. The van der Waals surface area contributed by atoms with Crippen LogP contribution < -0.4 is 9.30 Å². The number of carbonyl (C=O) groups excluding carboxylic acids is 1. The van der Waals surface area contributed by atoms with Crippen LogP contribution in [-0.2, 0) is 11.3 Å². The van der Waals surface area contributed by atoms with Gasteiger partial charge in [-0.2, -0.15) is 4.57 Å². The molecule has 0 unspecified atom stereocenters. The van der Waals surface area contributed by atoms with Crippen molar-refractivity contribution >= 4 is 11.7 Å². The summed E-state index contributed by atoms with van der Waals surface area (Å²) in [6.45, 7) is 0.0353. The van der Waals surface area contributed by atoms with Crippen LogP contribution in [0.2, 0.25) is 0 Å². The maximum atomic E-state index is 12.0. The molecule has 0 atom stereocenters. The van der Waals surface area contributed by atoms with Gasteiger partial charge in [0.05, 0.1) is 4.92 Å². The summed E-state index contributed by atoms with van der Waals surface area (Å²) < 4.78 is 6.87. The van der Waals surface area contributed by atoms with Crippen molar-refractivity contribution in [1.82, 2.24) is 4.98 Å². The van der Waals surface area contributed by atoms with Gasteiger partial charge >= 0.3 is 5.97 Å². The quantitative estimate of drug-likeness (QED) is 0.235. The molecule has 7 heteroatoms. The number of hydrogen-bond donors (Lipinski definition) is 0. The van der Waals surface area contributed by atoms with E-state index < -0.39 is 10.9 Å². The van der Waals surface area contributed by atoms with Gasteiger partial charge in [0.1, 0.15) is 5.75 Å². The molecule has 0 N–H and O–H groups in total. The Morgan fingerprint density at radius 3 is 2.20 bits per heavy atom. The molecule has 0 amide bonds. The van der Waals surface area contributed by atoms with Gasteiger partial charge in [0.15, 0.2) is 12.4 Å². The van der Waals surface area contributed by atoms with Gasteiger partial charge in [-0.3, -0.25) is 15.1 Å². The largest absolute Gasteiger partial charge is 0.422 e. The normalized spacial score (nSPS) is 10.2. The number of nitro groups is 1. The number of rotatable bonds is 5. The zero-order chi connectivity index (χ0) is 17.6. The topological polar surface area (TPSA) is 86.2 Å². The van der Waals surface area contributed by atoms with E-state index in [-0.39, 0.29) is 18.0 Å². The molecule has 0 fully saturated rings. The second-order valence-corrected chi connectivity index (χ2v) is 5.22. The van der Waals surface area contributed by atoms with Gasteiger partial charge in [0.25, 0.3) is 5.69 Å². The van der Waals surface area contributed by atoms with Gasteiger partial charge in [-0.05, 0) is 35.4 Å². The summed E-state index contributed by atoms with van der Waals surface area (Å²) >= 11 is 0. The summed E-state index contributed by atoms with van der Waals surface area (Å²) in [6, 6.07) is 13.0. The molecule has 124 valence electrons. The number of aromatic nitrogens is 2. The summed E-state index contributed by atoms with van der Waals surface area (Å²) in [7, 11) is 0. The molecule has 7 nitrogen and oxygen atoms in total. The van der Waals surface area contributed by atoms with E-state index in [0.29, 0.717) is 0 Å². The Morgan fingerprint density at radius 1 is 1.00 bits per heavy atom. The lowest BCUT2D eigenvalue weighted by molar-refractivity contribution is -0.685. The predicted octanol–water partition coefficient (Wildman–Crippen LogP) is 2.55. The van der Waals surface area contributed by atoms with E-state index in [9.17, 15) is 14.9 Å². The van der Waals surface area contributed by atoms with Gasteiger partial charge in [-0.15, -0.1) is 0 Å². The lowest BCUT2D eigenvalue weighted by Gasteiger charge is -2.03. The average Bonchev–Trinajstić information content (AvgIpc) is 2.63. The summed E-state index contributed by atoms with van der Waals surface area (Å²) in [6.07, 6.45) is 7.01. The molecule has 3 aromatic rings. The molecule has 25 heavy (non-hydrogen) atoms. The molecule has 2 aromatic heterocycles. The fourth-order valence-corrected chi connectivity index (χ4v) is 2.25. The molecule has 0 aliphatic rings. The number of esters is 1. The Balaban J connectivity index is 1.62. The zero-order valence-electron chi connectivity index (χ0n) is 13.1. The van der Waals surface area contributed by atoms with Crippen LogP contribution >= 0.6 is 0 Å². The minimum Gasteiger partial charge on any atom is -0.422 e. The smallest absolute Gasteiger partial charge is 0.378 e. The van der Waals surface area contributed by atoms with Crippen LogP contribution in [-0.4, -0.2) is 15.9 Å². The van der Waals surface area contributed by atoms with E-state index in [4.69, 9.17) is 4.74 Å². The fraction of sp³-hybridized carbons (Fsp3) is 0.0556. The third-order valence-corrected chi connectivity index (χ3v) is 3.50. The van der Waals surface area contributed by atoms with Crippen molar-refractivity contribution in [2.45, 2.75) is 6.54 Å². The second kappa shape index (κ2) is 7.31. The van der Waals surface area contributed by atoms with Crippen molar-refractivity contribution in [1.29, 1.82) is 0 Å². The lowest BCUT2D eigenvalue weighted by atomic mass is 10.1. The summed E-state index contributed by atoms with van der Waals surface area (Å²) in [5, 5.41) is 10.6. The third-order valence-electron chi connectivity index (χ3n) is 3.50. The zero-order valence-corrected chi connectivity index (χ0v) is 13.1. The standard InChI is InChI=1S/C18H14N3O4/c22-18(25-17-3-1-16(2-4-17)21(23)24)13-20-11-7-15(8-12-20)14-5-9-19-10-6-14/h1-12H,13H2/q+1. The van der Waals surface area contributed by atoms with Crippen molar-refractivity contribution in [3.63, 3.8) is 0 Å². The van der Waals surface area contributed by atoms with Crippen LogP contribution in [0.5, 0.6) is 5.75 Å². The first-order valence-corrected chi connectivity index (χ1v) is 7.46. The van der Waals surface area contributed by atoms with Gasteiger partial charge in [-0.1, -0.05) is 0 Å². The summed E-state index contributed by atoms with van der Waals surface area (Å²) in [5.74, 6) is -0.194. The molecule has 0 saturated carbocycles. The molecule has 2 heterocycles. The number of hydrogen-bond acceptors (Lipinski definition) is 5. The Morgan fingerprint density at radius 2 is 1.60 bits per heavy atom. The molecular weight excluding hydrogens is 322 g/mol. The fourth-order valence-electron chi connectivity index (χ4n) is 2.25. The minimum atomic E-state index is -0.508. The van der Waals surface area contributed by atoms with E-state index in [1.807, 2.05) is 24.3 Å². The summed E-state index contributed by atoms with van der Waals surface area (Å²) in [4.78, 5) is 26.0. The highest BCUT2D eigenvalue weighted by Crippen LogP contribution is 2.18. The van der Waals surface area contributed by atoms with Gasteiger partial charge < -0.3 is 4.74 Å². The van der Waals surface area contributed by atoms with E-state index in [1.165, 1.54) is 24.3 Å². The highest BCUT2D eigenvalue weighted by molar-refractivity contribution is 5.71. The molecule has 3 rings (SSSR count). The first kappa shape index (κ1) is 16.3. The van der Waals surface area contributed by atoms with Crippen molar-refractivity contribution in [2.24, 2.45) is 0 Å². The number of ether oxygens (including phenoxy) is 1.